The number of hydrogen-bond donors (Lipinski definition) is 1. The van der Waals surface area contributed by atoms with Crippen LogP contribution in [0.3, 0.4) is 0 Å². The second-order valence-corrected chi connectivity index (χ2v) is 6.62. The fraction of sp³-hybridized carbons (Fsp3) is 0.929. The van der Waals surface area contributed by atoms with Crippen LogP contribution in [0.1, 0.15) is 40.0 Å². The van der Waals surface area contributed by atoms with Gasteiger partial charge in [0.1, 0.15) is 0 Å². The summed E-state index contributed by atoms with van der Waals surface area (Å²) in [5.41, 5.74) is 5.74. The molecule has 106 valence electrons. The Morgan fingerprint density at radius 3 is 2.72 bits per heavy atom. The maximum atomic E-state index is 5.77. The lowest BCUT2D eigenvalue weighted by molar-refractivity contribution is 0.190. The van der Waals surface area contributed by atoms with Crippen molar-refractivity contribution in [3.05, 3.63) is 0 Å². The van der Waals surface area contributed by atoms with Crippen molar-refractivity contribution in [2.45, 2.75) is 46.1 Å². The van der Waals surface area contributed by atoms with E-state index >= 15 is 0 Å². The largest absolute Gasteiger partial charge is 0.393 e. The molecule has 1 fully saturated rings. The Labute approximate surface area is 118 Å². The molecule has 4 heteroatoms. The maximum absolute atomic E-state index is 5.77. The van der Waals surface area contributed by atoms with Crippen LogP contribution in [-0.4, -0.2) is 54.1 Å². The zero-order chi connectivity index (χ0) is 13.8. The summed E-state index contributed by atoms with van der Waals surface area (Å²) >= 11 is 5.12. The zero-order valence-electron chi connectivity index (χ0n) is 12.4. The summed E-state index contributed by atoms with van der Waals surface area (Å²) in [5, 5.41) is 0. The number of likely N-dealkylation sites (tertiary alicyclic amines) is 1. The number of nitrogens with zero attached hydrogens (tertiary/aromatic N) is 2. The average molecular weight is 271 g/mol. The fourth-order valence-electron chi connectivity index (χ4n) is 2.56. The Bertz CT molecular complexity index is 278. The molecule has 0 aromatic rings. The summed E-state index contributed by atoms with van der Waals surface area (Å²) in [5.74, 6) is 0. The first-order valence-corrected chi connectivity index (χ1v) is 7.50. The Hall–Kier alpha value is -0.190. The number of hydrogen-bond acceptors (Lipinski definition) is 3. The van der Waals surface area contributed by atoms with Crippen molar-refractivity contribution in [3.63, 3.8) is 0 Å². The molecule has 1 heterocycles. The predicted molar refractivity (Wildman–Crippen MR) is 82.9 cm³/mol. The SMILES string of the molecule is CCN1CCCC1CN(C)CCC(C)(C)C(N)=S. The topological polar surface area (TPSA) is 32.5 Å². The molecule has 18 heavy (non-hydrogen) atoms. The van der Waals surface area contributed by atoms with E-state index in [2.05, 4.69) is 37.6 Å². The van der Waals surface area contributed by atoms with E-state index in [1.165, 1.54) is 32.5 Å². The highest BCUT2D eigenvalue weighted by Crippen LogP contribution is 2.22. The van der Waals surface area contributed by atoms with Gasteiger partial charge in [0.25, 0.3) is 0 Å². The number of likely N-dealkylation sites (N-methyl/N-ethyl adjacent to an activating group) is 2. The molecule has 0 spiro atoms. The molecule has 1 unspecified atom stereocenters. The fourth-order valence-corrected chi connectivity index (χ4v) is 2.66. The Kier molecular flexibility index (Phi) is 6.02. The van der Waals surface area contributed by atoms with Crippen molar-refractivity contribution in [1.29, 1.82) is 0 Å². The molecule has 0 aliphatic carbocycles. The van der Waals surface area contributed by atoms with Crippen LogP contribution < -0.4 is 5.73 Å². The molecule has 0 radical (unpaired) electrons. The normalized spacial score (nSPS) is 21.7. The summed E-state index contributed by atoms with van der Waals surface area (Å²) in [7, 11) is 2.21. The van der Waals surface area contributed by atoms with E-state index in [9.17, 15) is 0 Å². The van der Waals surface area contributed by atoms with Gasteiger partial charge >= 0.3 is 0 Å². The molecule has 2 N–H and O–H groups in total. The summed E-state index contributed by atoms with van der Waals surface area (Å²) < 4.78 is 0. The van der Waals surface area contributed by atoms with Crippen molar-refractivity contribution in [3.8, 4) is 0 Å². The van der Waals surface area contributed by atoms with Crippen LogP contribution in [0.4, 0.5) is 0 Å². The molecule has 1 aliphatic heterocycles. The van der Waals surface area contributed by atoms with Crippen LogP contribution >= 0.6 is 12.2 Å². The van der Waals surface area contributed by atoms with Gasteiger partial charge < -0.3 is 10.6 Å². The molecular formula is C14H29N3S. The van der Waals surface area contributed by atoms with E-state index in [1.807, 2.05) is 0 Å². The lowest BCUT2D eigenvalue weighted by Crippen LogP contribution is -2.40. The molecule has 0 bridgehead atoms. The van der Waals surface area contributed by atoms with Gasteiger partial charge in [0.2, 0.25) is 0 Å². The van der Waals surface area contributed by atoms with Gasteiger partial charge in [-0.15, -0.1) is 0 Å². The third-order valence-electron chi connectivity index (χ3n) is 4.21. The lowest BCUT2D eigenvalue weighted by Gasteiger charge is -2.30. The van der Waals surface area contributed by atoms with Gasteiger partial charge in [0, 0.05) is 18.0 Å². The van der Waals surface area contributed by atoms with E-state index in [4.69, 9.17) is 18.0 Å². The first-order chi connectivity index (χ1) is 8.36. The quantitative estimate of drug-likeness (QED) is 0.719. The molecule has 1 rings (SSSR count). The van der Waals surface area contributed by atoms with E-state index in [-0.39, 0.29) is 5.41 Å². The van der Waals surface area contributed by atoms with Gasteiger partial charge in [-0.2, -0.15) is 0 Å². The third kappa shape index (κ3) is 4.48. The lowest BCUT2D eigenvalue weighted by atomic mass is 9.89. The molecule has 1 atom stereocenters. The molecular weight excluding hydrogens is 242 g/mol. The van der Waals surface area contributed by atoms with Crippen LogP contribution in [0.5, 0.6) is 0 Å². The summed E-state index contributed by atoms with van der Waals surface area (Å²) in [4.78, 5) is 5.65. The molecule has 0 amide bonds. The van der Waals surface area contributed by atoms with E-state index in [0.717, 1.165) is 19.0 Å². The minimum Gasteiger partial charge on any atom is -0.393 e. The molecule has 0 saturated carbocycles. The Morgan fingerprint density at radius 1 is 1.50 bits per heavy atom. The van der Waals surface area contributed by atoms with Gasteiger partial charge in [0.15, 0.2) is 0 Å². The first kappa shape index (κ1) is 15.9. The average Bonchev–Trinajstić information content (AvgIpc) is 2.73. The van der Waals surface area contributed by atoms with Gasteiger partial charge in [-0.05, 0) is 45.9 Å². The van der Waals surface area contributed by atoms with Crippen LogP contribution in [0, 0.1) is 5.41 Å². The highest BCUT2D eigenvalue weighted by molar-refractivity contribution is 7.80. The molecule has 0 aromatic heterocycles. The standard InChI is InChI=1S/C14H29N3S/c1-5-17-9-6-7-12(17)11-16(4)10-8-14(2,3)13(15)18/h12H,5-11H2,1-4H3,(H2,15,18). The highest BCUT2D eigenvalue weighted by atomic mass is 32.1. The van der Waals surface area contributed by atoms with Gasteiger partial charge in [-0.1, -0.05) is 33.0 Å². The summed E-state index contributed by atoms with van der Waals surface area (Å²) in [6.45, 7) is 11.2. The second kappa shape index (κ2) is 6.83. The molecule has 3 nitrogen and oxygen atoms in total. The smallest absolute Gasteiger partial charge is 0.0784 e. The minimum atomic E-state index is -0.0241. The van der Waals surface area contributed by atoms with Gasteiger partial charge in [-0.3, -0.25) is 4.90 Å². The molecule has 0 aromatic carbocycles. The number of thiocarbonyl (C=S) groups is 1. The third-order valence-corrected chi connectivity index (χ3v) is 4.77. The van der Waals surface area contributed by atoms with Crippen LogP contribution in [0.15, 0.2) is 0 Å². The van der Waals surface area contributed by atoms with Crippen molar-refractivity contribution < 1.29 is 0 Å². The van der Waals surface area contributed by atoms with E-state index in [0.29, 0.717) is 4.99 Å². The van der Waals surface area contributed by atoms with E-state index < -0.39 is 0 Å². The Morgan fingerprint density at radius 2 is 2.17 bits per heavy atom. The first-order valence-electron chi connectivity index (χ1n) is 7.09. The molecule has 1 saturated heterocycles. The highest BCUT2D eigenvalue weighted by Gasteiger charge is 2.25. The minimum absolute atomic E-state index is 0.0241. The Balaban J connectivity index is 2.33. The predicted octanol–water partition coefficient (Wildman–Crippen LogP) is 2.10. The van der Waals surface area contributed by atoms with Crippen LogP contribution in [0.25, 0.3) is 0 Å². The maximum Gasteiger partial charge on any atom is 0.0784 e. The van der Waals surface area contributed by atoms with Crippen molar-refractivity contribution in [1.82, 2.24) is 9.80 Å². The molecule has 1 aliphatic rings. The van der Waals surface area contributed by atoms with Crippen molar-refractivity contribution in [2.75, 3.05) is 33.2 Å². The van der Waals surface area contributed by atoms with Crippen LogP contribution in [0.2, 0.25) is 0 Å². The zero-order valence-corrected chi connectivity index (χ0v) is 13.2. The summed E-state index contributed by atoms with van der Waals surface area (Å²) in [6.07, 6.45) is 3.74. The van der Waals surface area contributed by atoms with Gasteiger partial charge in [-0.25, -0.2) is 0 Å². The summed E-state index contributed by atoms with van der Waals surface area (Å²) in [6, 6.07) is 0.743. The number of rotatable bonds is 7. The van der Waals surface area contributed by atoms with Crippen molar-refractivity contribution >= 4 is 17.2 Å². The second-order valence-electron chi connectivity index (χ2n) is 6.19. The van der Waals surface area contributed by atoms with Gasteiger partial charge in [0.05, 0.1) is 4.99 Å². The monoisotopic (exact) mass is 271 g/mol. The van der Waals surface area contributed by atoms with E-state index in [1.54, 1.807) is 0 Å². The van der Waals surface area contributed by atoms with Crippen molar-refractivity contribution in [2.24, 2.45) is 11.1 Å². The number of nitrogens with two attached hydrogens (primary N) is 1. The van der Waals surface area contributed by atoms with Crippen LogP contribution in [-0.2, 0) is 0 Å².